The van der Waals surface area contributed by atoms with Crippen molar-refractivity contribution in [2.24, 2.45) is 16.0 Å². The Bertz CT molecular complexity index is 694. The minimum absolute atomic E-state index is 0.212. The van der Waals surface area contributed by atoms with Crippen molar-refractivity contribution in [1.82, 2.24) is 15.7 Å². The summed E-state index contributed by atoms with van der Waals surface area (Å²) in [7, 11) is 1.98. The smallest absolute Gasteiger partial charge is 0.126 e. The van der Waals surface area contributed by atoms with E-state index in [0.29, 0.717) is 6.54 Å². The summed E-state index contributed by atoms with van der Waals surface area (Å²) in [5.41, 5.74) is 6.52. The van der Waals surface area contributed by atoms with Crippen molar-refractivity contribution in [2.75, 3.05) is 13.6 Å². The van der Waals surface area contributed by atoms with Crippen LogP contribution in [0.4, 0.5) is 0 Å². The predicted octanol–water partition coefficient (Wildman–Crippen LogP) is 2.60. The van der Waals surface area contributed by atoms with Crippen LogP contribution in [0.2, 0.25) is 0 Å². The van der Waals surface area contributed by atoms with Gasteiger partial charge in [0.2, 0.25) is 0 Å². The van der Waals surface area contributed by atoms with Gasteiger partial charge in [0.1, 0.15) is 5.84 Å². The van der Waals surface area contributed by atoms with Crippen LogP contribution in [0.25, 0.3) is 0 Å². The largest absolute Gasteiger partial charge is 0.320 e. The van der Waals surface area contributed by atoms with Gasteiger partial charge in [-0.05, 0) is 44.1 Å². The van der Waals surface area contributed by atoms with Crippen LogP contribution in [-0.2, 0) is 6.54 Å². The van der Waals surface area contributed by atoms with E-state index >= 15 is 0 Å². The molecule has 5 nitrogen and oxygen atoms in total. The molecule has 3 rings (SSSR count). The Morgan fingerprint density at radius 2 is 1.92 bits per heavy atom. The van der Waals surface area contributed by atoms with E-state index in [9.17, 15) is 0 Å². The fraction of sp³-hybridized carbons (Fsp3) is 0.316. The molecule has 2 aromatic rings. The van der Waals surface area contributed by atoms with Crippen LogP contribution in [0.3, 0.4) is 0 Å². The highest BCUT2D eigenvalue weighted by molar-refractivity contribution is 6.17. The molecule has 0 aliphatic carbocycles. The zero-order valence-electron chi connectivity index (χ0n) is 13.9. The van der Waals surface area contributed by atoms with Crippen LogP contribution >= 0.6 is 0 Å². The number of hydrogen-bond acceptors (Lipinski definition) is 4. The molecule has 0 spiro atoms. The lowest BCUT2D eigenvalue weighted by Crippen LogP contribution is -2.25. The number of hydrogen-bond donors (Lipinski definition) is 2. The zero-order valence-corrected chi connectivity index (χ0v) is 13.9. The summed E-state index contributed by atoms with van der Waals surface area (Å²) in [5, 5.41) is 7.76. The van der Waals surface area contributed by atoms with Crippen molar-refractivity contribution in [2.45, 2.75) is 19.4 Å². The molecule has 1 aliphatic heterocycles. The number of aromatic nitrogens is 1. The average Bonchev–Trinajstić information content (AvgIpc) is 3.05. The molecule has 2 heterocycles. The summed E-state index contributed by atoms with van der Waals surface area (Å²) in [6.07, 6.45) is 5.71. The molecule has 0 amide bonds. The van der Waals surface area contributed by atoms with E-state index in [0.717, 1.165) is 36.5 Å². The van der Waals surface area contributed by atoms with Crippen molar-refractivity contribution in [3.63, 3.8) is 0 Å². The van der Waals surface area contributed by atoms with E-state index in [1.807, 2.05) is 49.8 Å². The minimum atomic E-state index is 0.212. The molecule has 1 aromatic heterocycles. The standard InChI is InChI=1S/C19H23N5/c1-20-11-5-8-17-18(16-9-12-21-13-10-16)23-24-19(17)22-14-15-6-3-2-4-7-15/h2-4,6-7,9-10,12-13,17,20H,5,8,11,14H2,1H3,(H,22,24). The van der Waals surface area contributed by atoms with Crippen molar-refractivity contribution < 1.29 is 0 Å². The Labute approximate surface area is 142 Å². The van der Waals surface area contributed by atoms with Crippen molar-refractivity contribution in [3.8, 4) is 0 Å². The molecule has 0 saturated heterocycles. The average molecular weight is 321 g/mol. The van der Waals surface area contributed by atoms with Gasteiger partial charge in [0.05, 0.1) is 18.2 Å². The van der Waals surface area contributed by atoms with Crippen molar-refractivity contribution >= 4 is 11.5 Å². The Hall–Kier alpha value is -2.53. The van der Waals surface area contributed by atoms with Gasteiger partial charge in [0.25, 0.3) is 0 Å². The van der Waals surface area contributed by atoms with Crippen molar-refractivity contribution in [3.05, 3.63) is 66.0 Å². The fourth-order valence-electron chi connectivity index (χ4n) is 2.85. The third-order valence-electron chi connectivity index (χ3n) is 4.12. The molecule has 0 saturated carbocycles. The van der Waals surface area contributed by atoms with Crippen LogP contribution in [0.5, 0.6) is 0 Å². The van der Waals surface area contributed by atoms with Gasteiger partial charge in [0.15, 0.2) is 0 Å². The molecule has 5 heteroatoms. The highest BCUT2D eigenvalue weighted by atomic mass is 15.4. The monoisotopic (exact) mass is 321 g/mol. The Morgan fingerprint density at radius 3 is 2.67 bits per heavy atom. The third kappa shape index (κ3) is 4.06. The number of benzene rings is 1. The highest BCUT2D eigenvalue weighted by Crippen LogP contribution is 2.21. The fourth-order valence-corrected chi connectivity index (χ4v) is 2.85. The van der Waals surface area contributed by atoms with E-state index in [1.165, 1.54) is 5.56 Å². The van der Waals surface area contributed by atoms with E-state index in [4.69, 9.17) is 4.99 Å². The number of rotatable bonds is 7. The summed E-state index contributed by atoms with van der Waals surface area (Å²) in [4.78, 5) is 8.88. The maximum absolute atomic E-state index is 4.78. The molecule has 1 aromatic carbocycles. The number of nitrogens with zero attached hydrogens (tertiary/aromatic N) is 3. The maximum atomic E-state index is 4.78. The molecule has 0 bridgehead atoms. The third-order valence-corrected chi connectivity index (χ3v) is 4.12. The molecule has 24 heavy (non-hydrogen) atoms. The molecule has 124 valence electrons. The molecular formula is C19H23N5. The lowest BCUT2D eigenvalue weighted by Gasteiger charge is -2.13. The van der Waals surface area contributed by atoms with Crippen LogP contribution in [0.1, 0.15) is 24.0 Å². The van der Waals surface area contributed by atoms with Crippen LogP contribution < -0.4 is 10.7 Å². The Morgan fingerprint density at radius 1 is 1.12 bits per heavy atom. The Balaban J connectivity index is 1.76. The van der Waals surface area contributed by atoms with Gasteiger partial charge in [-0.2, -0.15) is 5.10 Å². The predicted molar refractivity (Wildman–Crippen MR) is 98.1 cm³/mol. The van der Waals surface area contributed by atoms with Crippen molar-refractivity contribution in [1.29, 1.82) is 0 Å². The summed E-state index contributed by atoms with van der Waals surface area (Å²) in [6.45, 7) is 1.66. The summed E-state index contributed by atoms with van der Waals surface area (Å²) < 4.78 is 0. The quantitative estimate of drug-likeness (QED) is 0.771. The number of aliphatic imine (C=N–C) groups is 1. The molecule has 1 unspecified atom stereocenters. The van der Waals surface area contributed by atoms with Gasteiger partial charge in [-0.1, -0.05) is 30.3 Å². The number of pyridine rings is 1. The molecular weight excluding hydrogens is 298 g/mol. The number of hydrazone groups is 1. The molecule has 0 fully saturated rings. The number of amidine groups is 1. The van der Waals surface area contributed by atoms with Gasteiger partial charge in [0, 0.05) is 18.0 Å². The van der Waals surface area contributed by atoms with Gasteiger partial charge in [-0.15, -0.1) is 0 Å². The van der Waals surface area contributed by atoms with Gasteiger partial charge >= 0.3 is 0 Å². The van der Waals surface area contributed by atoms with Crippen LogP contribution in [-0.4, -0.2) is 30.1 Å². The first-order chi connectivity index (χ1) is 11.9. The molecule has 1 aliphatic rings. The molecule has 0 radical (unpaired) electrons. The van der Waals surface area contributed by atoms with E-state index in [2.05, 4.69) is 33.0 Å². The molecule has 1 atom stereocenters. The summed E-state index contributed by atoms with van der Waals surface area (Å²) in [6, 6.07) is 14.3. The van der Waals surface area contributed by atoms with Crippen LogP contribution in [0.15, 0.2) is 65.0 Å². The first kappa shape index (κ1) is 16.3. The lowest BCUT2D eigenvalue weighted by atomic mass is 9.92. The minimum Gasteiger partial charge on any atom is -0.320 e. The van der Waals surface area contributed by atoms with Crippen LogP contribution in [0, 0.1) is 5.92 Å². The second kappa shape index (κ2) is 8.36. The number of nitrogens with one attached hydrogen (secondary N) is 2. The van der Waals surface area contributed by atoms with Gasteiger partial charge < -0.3 is 5.32 Å². The van der Waals surface area contributed by atoms with E-state index < -0.39 is 0 Å². The maximum Gasteiger partial charge on any atom is 0.126 e. The van der Waals surface area contributed by atoms with E-state index in [1.54, 1.807) is 0 Å². The topological polar surface area (TPSA) is 61.7 Å². The first-order valence-electron chi connectivity index (χ1n) is 8.35. The normalized spacial score (nSPS) is 18.5. The van der Waals surface area contributed by atoms with Gasteiger partial charge in [-0.25, -0.2) is 0 Å². The summed E-state index contributed by atoms with van der Waals surface area (Å²) >= 11 is 0. The molecule has 2 N–H and O–H groups in total. The van der Waals surface area contributed by atoms with Gasteiger partial charge in [-0.3, -0.25) is 15.4 Å². The Kier molecular flexibility index (Phi) is 5.69. The first-order valence-corrected chi connectivity index (χ1v) is 8.35. The second-order valence-corrected chi connectivity index (χ2v) is 5.83. The lowest BCUT2D eigenvalue weighted by molar-refractivity contribution is 0.654. The van der Waals surface area contributed by atoms with E-state index in [-0.39, 0.29) is 5.92 Å². The summed E-state index contributed by atoms with van der Waals surface area (Å²) in [5.74, 6) is 1.17. The SMILES string of the molecule is CNCCCC1C(=NCc2ccccc2)NN=C1c1ccncc1. The highest BCUT2D eigenvalue weighted by Gasteiger charge is 2.28. The zero-order chi connectivity index (χ0) is 16.6. The second-order valence-electron chi connectivity index (χ2n) is 5.83.